The third kappa shape index (κ3) is 4.67. The molecule has 1 aromatic carbocycles. The Hall–Kier alpha value is -2.38. The zero-order chi connectivity index (χ0) is 19.2. The van der Waals surface area contributed by atoms with Gasteiger partial charge in [0.2, 0.25) is 5.91 Å². The molecule has 2 unspecified atom stereocenters. The highest BCUT2D eigenvalue weighted by Crippen LogP contribution is 2.33. The highest BCUT2D eigenvalue weighted by atomic mass is 16.5. The third-order valence-electron chi connectivity index (χ3n) is 5.05. The highest BCUT2D eigenvalue weighted by Gasteiger charge is 2.27. The van der Waals surface area contributed by atoms with Crippen LogP contribution in [0.3, 0.4) is 0 Å². The van der Waals surface area contributed by atoms with Gasteiger partial charge in [0.05, 0.1) is 11.8 Å². The number of nitrogens with zero attached hydrogens (tertiary/aromatic N) is 2. The molecular formula is C20H28N4O3. The molecule has 3 rings (SSSR count). The molecule has 0 radical (unpaired) electrons. The van der Waals surface area contributed by atoms with Crippen LogP contribution in [0.5, 0.6) is 5.75 Å². The molecule has 1 aliphatic rings. The summed E-state index contributed by atoms with van der Waals surface area (Å²) in [6, 6.07) is 7.57. The topological polar surface area (TPSA) is 91.4 Å². The second kappa shape index (κ2) is 9.01. The van der Waals surface area contributed by atoms with Crippen molar-refractivity contribution in [2.45, 2.75) is 31.8 Å². The number of carbonyl (C=O) groups excluding carboxylic acids is 1. The van der Waals surface area contributed by atoms with Crippen LogP contribution in [0.1, 0.15) is 25.7 Å². The number of hydrogen-bond acceptors (Lipinski definition) is 5. The lowest BCUT2D eigenvalue weighted by Gasteiger charge is -2.27. The first-order valence-corrected chi connectivity index (χ1v) is 9.41. The number of aromatic nitrogens is 2. The third-order valence-corrected chi connectivity index (χ3v) is 5.05. The SMILES string of the molecule is COC1CCCC(C(=O)Nc2ccc(OCCN)c(-c3ccnn3C)c2)C1. The van der Waals surface area contributed by atoms with Crippen LogP contribution in [0.15, 0.2) is 30.5 Å². The molecule has 1 aromatic heterocycles. The van der Waals surface area contributed by atoms with E-state index in [0.29, 0.717) is 13.2 Å². The number of methoxy groups -OCH3 is 1. The smallest absolute Gasteiger partial charge is 0.227 e. The predicted molar refractivity (Wildman–Crippen MR) is 105 cm³/mol. The number of benzene rings is 1. The van der Waals surface area contributed by atoms with Gasteiger partial charge in [-0.2, -0.15) is 5.10 Å². The Labute approximate surface area is 159 Å². The predicted octanol–water partition coefficient (Wildman–Crippen LogP) is 2.57. The molecule has 0 saturated heterocycles. The maximum atomic E-state index is 12.7. The van der Waals surface area contributed by atoms with E-state index in [1.807, 2.05) is 31.3 Å². The van der Waals surface area contributed by atoms with Crippen molar-refractivity contribution in [2.75, 3.05) is 25.6 Å². The fourth-order valence-electron chi connectivity index (χ4n) is 3.58. The monoisotopic (exact) mass is 372 g/mol. The number of carbonyl (C=O) groups is 1. The fraction of sp³-hybridized carbons (Fsp3) is 0.500. The number of rotatable bonds is 7. The molecule has 3 N–H and O–H groups in total. The molecule has 1 amide bonds. The van der Waals surface area contributed by atoms with E-state index in [1.165, 1.54) is 0 Å². The van der Waals surface area contributed by atoms with Crippen LogP contribution in [-0.2, 0) is 16.6 Å². The molecule has 146 valence electrons. The van der Waals surface area contributed by atoms with Gasteiger partial charge in [0.25, 0.3) is 0 Å². The van der Waals surface area contributed by atoms with Crippen molar-refractivity contribution < 1.29 is 14.3 Å². The molecule has 1 heterocycles. The Morgan fingerprint density at radius 1 is 1.37 bits per heavy atom. The van der Waals surface area contributed by atoms with Gasteiger partial charge in [-0.1, -0.05) is 6.42 Å². The minimum Gasteiger partial charge on any atom is -0.492 e. The fourth-order valence-corrected chi connectivity index (χ4v) is 3.58. The van der Waals surface area contributed by atoms with Gasteiger partial charge in [0.1, 0.15) is 12.4 Å². The molecule has 0 bridgehead atoms. The van der Waals surface area contributed by atoms with Gasteiger partial charge >= 0.3 is 0 Å². The van der Waals surface area contributed by atoms with Crippen LogP contribution in [0.4, 0.5) is 5.69 Å². The maximum absolute atomic E-state index is 12.7. The summed E-state index contributed by atoms with van der Waals surface area (Å²) in [4.78, 5) is 12.7. The molecule has 1 fully saturated rings. The lowest BCUT2D eigenvalue weighted by molar-refractivity contribution is -0.122. The van der Waals surface area contributed by atoms with Gasteiger partial charge in [-0.25, -0.2) is 0 Å². The summed E-state index contributed by atoms with van der Waals surface area (Å²) in [6.45, 7) is 0.864. The maximum Gasteiger partial charge on any atom is 0.227 e. The van der Waals surface area contributed by atoms with E-state index in [9.17, 15) is 4.79 Å². The van der Waals surface area contributed by atoms with Gasteiger partial charge in [-0.15, -0.1) is 0 Å². The van der Waals surface area contributed by atoms with Crippen molar-refractivity contribution in [1.29, 1.82) is 0 Å². The molecule has 1 saturated carbocycles. The van der Waals surface area contributed by atoms with Crippen molar-refractivity contribution in [1.82, 2.24) is 9.78 Å². The Morgan fingerprint density at radius 2 is 2.22 bits per heavy atom. The van der Waals surface area contributed by atoms with E-state index in [2.05, 4.69) is 10.4 Å². The molecule has 2 aromatic rings. The number of anilines is 1. The van der Waals surface area contributed by atoms with E-state index < -0.39 is 0 Å². The molecule has 0 aliphatic heterocycles. The van der Waals surface area contributed by atoms with Crippen molar-refractivity contribution >= 4 is 11.6 Å². The first-order chi connectivity index (χ1) is 13.1. The number of ether oxygens (including phenoxy) is 2. The van der Waals surface area contributed by atoms with Crippen LogP contribution in [0.25, 0.3) is 11.3 Å². The van der Waals surface area contributed by atoms with E-state index in [-0.39, 0.29) is 17.9 Å². The Kier molecular flexibility index (Phi) is 6.47. The lowest BCUT2D eigenvalue weighted by Crippen LogP contribution is -2.31. The minimum absolute atomic E-state index is 0.0166. The normalized spacial score (nSPS) is 19.7. The standard InChI is InChI=1S/C20H28N4O3/c1-24-18(8-10-22-24)17-13-15(6-7-19(17)27-11-9-21)23-20(25)14-4-3-5-16(12-14)26-2/h6-8,10,13-14,16H,3-5,9,11-12,21H2,1-2H3,(H,23,25). The van der Waals surface area contributed by atoms with Gasteiger partial charge in [-0.05, 0) is 43.5 Å². The summed E-state index contributed by atoms with van der Waals surface area (Å²) in [5.74, 6) is 0.750. The summed E-state index contributed by atoms with van der Waals surface area (Å²) in [6.07, 6.45) is 5.62. The van der Waals surface area contributed by atoms with E-state index in [1.54, 1.807) is 18.0 Å². The molecule has 27 heavy (non-hydrogen) atoms. The Bertz CT molecular complexity index is 774. The number of amides is 1. The summed E-state index contributed by atoms with van der Waals surface area (Å²) >= 11 is 0. The zero-order valence-electron chi connectivity index (χ0n) is 16.0. The van der Waals surface area contributed by atoms with Crippen LogP contribution >= 0.6 is 0 Å². The van der Waals surface area contributed by atoms with E-state index in [4.69, 9.17) is 15.2 Å². The summed E-state index contributed by atoms with van der Waals surface area (Å²) in [5, 5.41) is 7.29. The minimum atomic E-state index is -0.0166. The van der Waals surface area contributed by atoms with Crippen molar-refractivity contribution in [3.05, 3.63) is 30.5 Å². The number of hydrogen-bond donors (Lipinski definition) is 2. The van der Waals surface area contributed by atoms with Gasteiger partial charge in [0.15, 0.2) is 0 Å². The van der Waals surface area contributed by atoms with Crippen LogP contribution in [-0.4, -0.2) is 42.1 Å². The zero-order valence-corrected chi connectivity index (χ0v) is 16.0. The van der Waals surface area contributed by atoms with Gasteiger partial charge in [-0.3, -0.25) is 9.48 Å². The summed E-state index contributed by atoms with van der Waals surface area (Å²) < 4.78 is 13.0. The van der Waals surface area contributed by atoms with Crippen molar-refractivity contribution in [2.24, 2.45) is 18.7 Å². The highest BCUT2D eigenvalue weighted by molar-refractivity contribution is 5.93. The largest absolute Gasteiger partial charge is 0.492 e. The van der Waals surface area contributed by atoms with Gasteiger partial charge < -0.3 is 20.5 Å². The molecule has 2 atom stereocenters. The van der Waals surface area contributed by atoms with Crippen molar-refractivity contribution in [3.63, 3.8) is 0 Å². The quantitative estimate of drug-likeness (QED) is 0.779. The molecule has 7 heteroatoms. The summed E-state index contributed by atoms with van der Waals surface area (Å²) in [7, 11) is 3.59. The first-order valence-electron chi connectivity index (χ1n) is 9.41. The number of nitrogens with one attached hydrogen (secondary N) is 1. The molecule has 1 aliphatic carbocycles. The summed E-state index contributed by atoms with van der Waals surface area (Å²) in [5.41, 5.74) is 8.10. The average molecular weight is 372 g/mol. The number of aryl methyl sites for hydroxylation is 1. The van der Waals surface area contributed by atoms with Crippen LogP contribution in [0, 0.1) is 5.92 Å². The Balaban J connectivity index is 1.79. The number of nitrogens with two attached hydrogens (primary N) is 1. The van der Waals surface area contributed by atoms with E-state index in [0.717, 1.165) is 48.4 Å². The Morgan fingerprint density at radius 3 is 2.93 bits per heavy atom. The molecule has 7 nitrogen and oxygen atoms in total. The second-order valence-electron chi connectivity index (χ2n) is 6.90. The van der Waals surface area contributed by atoms with Crippen molar-refractivity contribution in [3.8, 4) is 17.0 Å². The molecule has 0 spiro atoms. The first kappa shape index (κ1) is 19.4. The molecular weight excluding hydrogens is 344 g/mol. The van der Waals surface area contributed by atoms with Crippen LogP contribution in [0.2, 0.25) is 0 Å². The van der Waals surface area contributed by atoms with Crippen LogP contribution < -0.4 is 15.8 Å². The average Bonchev–Trinajstić information content (AvgIpc) is 3.12. The lowest BCUT2D eigenvalue weighted by atomic mass is 9.86. The van der Waals surface area contributed by atoms with E-state index >= 15 is 0 Å². The van der Waals surface area contributed by atoms with Gasteiger partial charge in [0, 0.05) is 44.1 Å². The second-order valence-corrected chi connectivity index (χ2v) is 6.90.